The SMILES string of the molecule is O=C(C(=O)c1cc(I)ccc1O)c1cc(I)ccc1O. The van der Waals surface area contributed by atoms with Crippen molar-refractivity contribution in [3.63, 3.8) is 0 Å². The van der Waals surface area contributed by atoms with Crippen molar-refractivity contribution >= 4 is 56.7 Å². The van der Waals surface area contributed by atoms with Crippen LogP contribution >= 0.6 is 45.2 Å². The number of carbonyl (C=O) groups is 2. The molecule has 0 atom stereocenters. The van der Waals surface area contributed by atoms with Gasteiger partial charge in [0.05, 0.1) is 11.1 Å². The lowest BCUT2D eigenvalue weighted by molar-refractivity contribution is 0.0813. The lowest BCUT2D eigenvalue weighted by atomic mass is 10.0. The molecule has 2 rings (SSSR count). The Morgan fingerprint density at radius 3 is 1.45 bits per heavy atom. The molecule has 0 bridgehead atoms. The summed E-state index contributed by atoms with van der Waals surface area (Å²) < 4.78 is 1.45. The molecule has 2 aromatic carbocycles. The third-order valence-electron chi connectivity index (χ3n) is 2.61. The molecule has 0 saturated heterocycles. The van der Waals surface area contributed by atoms with Gasteiger partial charge in [0.15, 0.2) is 0 Å². The van der Waals surface area contributed by atoms with Crippen LogP contribution in [0, 0.1) is 7.14 Å². The predicted molar refractivity (Wildman–Crippen MR) is 90.3 cm³/mol. The van der Waals surface area contributed by atoms with Gasteiger partial charge in [-0.3, -0.25) is 9.59 Å². The molecule has 102 valence electrons. The van der Waals surface area contributed by atoms with Crippen LogP contribution in [-0.4, -0.2) is 21.8 Å². The molecule has 20 heavy (non-hydrogen) atoms. The second-order valence-corrected chi connectivity index (χ2v) is 6.47. The van der Waals surface area contributed by atoms with Gasteiger partial charge in [-0.1, -0.05) is 0 Å². The number of Topliss-reactive ketones (excluding diaryl/α,β-unsaturated/α-hetero) is 2. The molecule has 2 aromatic rings. The molecule has 0 radical (unpaired) electrons. The van der Waals surface area contributed by atoms with Crippen molar-refractivity contribution in [1.29, 1.82) is 0 Å². The Morgan fingerprint density at radius 2 is 1.10 bits per heavy atom. The number of rotatable bonds is 3. The van der Waals surface area contributed by atoms with Crippen LogP contribution in [0.25, 0.3) is 0 Å². The van der Waals surface area contributed by atoms with Gasteiger partial charge in [-0.05, 0) is 81.6 Å². The molecular weight excluding hydrogens is 486 g/mol. The zero-order valence-electron chi connectivity index (χ0n) is 9.93. The number of aromatic hydroxyl groups is 2. The number of halogens is 2. The summed E-state index contributed by atoms with van der Waals surface area (Å²) in [5.74, 6) is -2.21. The van der Waals surface area contributed by atoms with Gasteiger partial charge >= 0.3 is 0 Å². The molecule has 6 heteroatoms. The van der Waals surface area contributed by atoms with E-state index in [0.29, 0.717) is 0 Å². The fourth-order valence-electron chi connectivity index (χ4n) is 1.62. The fraction of sp³-hybridized carbons (Fsp3) is 0. The van der Waals surface area contributed by atoms with Crippen LogP contribution in [0.2, 0.25) is 0 Å². The van der Waals surface area contributed by atoms with Crippen molar-refractivity contribution in [2.45, 2.75) is 0 Å². The number of hydrogen-bond acceptors (Lipinski definition) is 4. The highest BCUT2D eigenvalue weighted by atomic mass is 127. The minimum Gasteiger partial charge on any atom is -0.507 e. The standard InChI is InChI=1S/C14H8I2O4/c15-7-1-3-11(17)9(5-7)13(19)14(20)10-6-8(16)2-4-12(10)18/h1-6,17-18H. The molecule has 0 aliphatic heterocycles. The Hall–Kier alpha value is -1.16. The van der Waals surface area contributed by atoms with Crippen molar-refractivity contribution in [3.8, 4) is 11.5 Å². The molecule has 4 nitrogen and oxygen atoms in total. The summed E-state index contributed by atoms with van der Waals surface area (Å²) in [7, 11) is 0. The summed E-state index contributed by atoms with van der Waals surface area (Å²) in [5, 5.41) is 19.4. The van der Waals surface area contributed by atoms with Crippen molar-refractivity contribution in [2.75, 3.05) is 0 Å². The maximum absolute atomic E-state index is 12.2. The first-order chi connectivity index (χ1) is 9.40. The molecule has 2 N–H and O–H groups in total. The quantitative estimate of drug-likeness (QED) is 0.390. The van der Waals surface area contributed by atoms with E-state index in [1.54, 1.807) is 12.1 Å². The summed E-state index contributed by atoms with van der Waals surface area (Å²) in [6.07, 6.45) is 0. The van der Waals surface area contributed by atoms with Crippen molar-refractivity contribution in [3.05, 3.63) is 54.7 Å². The Labute approximate surface area is 142 Å². The minimum atomic E-state index is -0.849. The van der Waals surface area contributed by atoms with Gasteiger partial charge in [0.1, 0.15) is 11.5 Å². The minimum absolute atomic E-state index is 0.0693. The number of ketones is 2. The monoisotopic (exact) mass is 494 g/mol. The van der Waals surface area contributed by atoms with E-state index >= 15 is 0 Å². The van der Waals surface area contributed by atoms with Crippen LogP contribution in [0.1, 0.15) is 20.7 Å². The summed E-state index contributed by atoms with van der Waals surface area (Å²) in [4.78, 5) is 24.3. The molecular formula is C14H8I2O4. The second kappa shape index (κ2) is 6.08. The summed E-state index contributed by atoms with van der Waals surface area (Å²) in [6.45, 7) is 0. The summed E-state index contributed by atoms with van der Waals surface area (Å²) in [5.41, 5.74) is -0.139. The van der Waals surface area contributed by atoms with Crippen LogP contribution in [0.15, 0.2) is 36.4 Å². The Balaban J connectivity index is 2.45. The molecule has 0 aliphatic carbocycles. The Kier molecular flexibility index (Phi) is 4.63. The molecule has 0 fully saturated rings. The van der Waals surface area contributed by atoms with Crippen molar-refractivity contribution in [1.82, 2.24) is 0 Å². The van der Waals surface area contributed by atoms with E-state index in [9.17, 15) is 19.8 Å². The third kappa shape index (κ3) is 3.11. The van der Waals surface area contributed by atoms with Gasteiger partial charge < -0.3 is 10.2 Å². The first-order valence-corrected chi connectivity index (χ1v) is 7.62. The molecule has 0 aliphatic rings. The van der Waals surface area contributed by atoms with E-state index in [4.69, 9.17) is 0 Å². The molecule has 0 saturated carbocycles. The van der Waals surface area contributed by atoms with Crippen LogP contribution in [0.3, 0.4) is 0 Å². The average molecular weight is 494 g/mol. The average Bonchev–Trinajstić information content (AvgIpc) is 2.42. The maximum Gasteiger partial charge on any atom is 0.237 e. The topological polar surface area (TPSA) is 74.6 Å². The van der Waals surface area contributed by atoms with E-state index < -0.39 is 11.6 Å². The van der Waals surface area contributed by atoms with Gasteiger partial charge in [-0.2, -0.15) is 0 Å². The third-order valence-corrected chi connectivity index (χ3v) is 3.95. The number of carbonyl (C=O) groups excluding carboxylic acids is 2. The lowest BCUT2D eigenvalue weighted by Gasteiger charge is -2.06. The normalized spacial score (nSPS) is 10.3. The Morgan fingerprint density at radius 1 is 0.750 bits per heavy atom. The van der Waals surface area contributed by atoms with E-state index in [0.717, 1.165) is 7.14 Å². The highest BCUT2D eigenvalue weighted by molar-refractivity contribution is 14.1. The molecule has 0 spiro atoms. The van der Waals surface area contributed by atoms with Crippen LogP contribution < -0.4 is 0 Å². The molecule has 0 amide bonds. The van der Waals surface area contributed by atoms with E-state index in [1.807, 2.05) is 45.2 Å². The van der Waals surface area contributed by atoms with E-state index in [1.165, 1.54) is 24.3 Å². The number of hydrogen-bond donors (Lipinski definition) is 2. The number of benzene rings is 2. The van der Waals surface area contributed by atoms with Crippen LogP contribution in [-0.2, 0) is 0 Å². The van der Waals surface area contributed by atoms with Gasteiger partial charge in [-0.15, -0.1) is 0 Å². The lowest BCUT2D eigenvalue weighted by Crippen LogP contribution is -2.15. The Bertz CT molecular complexity index is 649. The van der Waals surface area contributed by atoms with Crippen LogP contribution in [0.5, 0.6) is 11.5 Å². The van der Waals surface area contributed by atoms with Gasteiger partial charge in [-0.25, -0.2) is 0 Å². The fourth-order valence-corrected chi connectivity index (χ4v) is 2.61. The van der Waals surface area contributed by atoms with Crippen LogP contribution in [0.4, 0.5) is 0 Å². The molecule has 0 unspecified atom stereocenters. The molecule has 0 aromatic heterocycles. The smallest absolute Gasteiger partial charge is 0.237 e. The van der Waals surface area contributed by atoms with Crippen molar-refractivity contribution in [2.24, 2.45) is 0 Å². The van der Waals surface area contributed by atoms with Gasteiger partial charge in [0.25, 0.3) is 0 Å². The highest BCUT2D eigenvalue weighted by Gasteiger charge is 2.24. The number of phenolic OH excluding ortho intramolecular Hbond substituents is 2. The first-order valence-electron chi connectivity index (χ1n) is 5.46. The van der Waals surface area contributed by atoms with Gasteiger partial charge in [0.2, 0.25) is 11.6 Å². The predicted octanol–water partition coefficient (Wildman–Crippen LogP) is 3.37. The summed E-state index contributed by atoms with van der Waals surface area (Å²) in [6, 6.07) is 8.83. The van der Waals surface area contributed by atoms with E-state index in [-0.39, 0.29) is 22.6 Å². The zero-order valence-corrected chi connectivity index (χ0v) is 14.2. The molecule has 0 heterocycles. The number of phenols is 2. The first kappa shape index (κ1) is 15.2. The summed E-state index contributed by atoms with van der Waals surface area (Å²) >= 11 is 3.96. The highest BCUT2D eigenvalue weighted by Crippen LogP contribution is 2.25. The largest absolute Gasteiger partial charge is 0.507 e. The maximum atomic E-state index is 12.2. The second-order valence-electron chi connectivity index (χ2n) is 3.98. The van der Waals surface area contributed by atoms with Crippen molar-refractivity contribution < 1.29 is 19.8 Å². The zero-order chi connectivity index (χ0) is 14.9. The van der Waals surface area contributed by atoms with E-state index in [2.05, 4.69) is 0 Å². The van der Waals surface area contributed by atoms with Gasteiger partial charge in [0, 0.05) is 7.14 Å².